The van der Waals surface area contributed by atoms with Crippen molar-refractivity contribution >= 4 is 11.9 Å². The van der Waals surface area contributed by atoms with Crippen molar-refractivity contribution < 1.29 is 9.53 Å². The van der Waals surface area contributed by atoms with Gasteiger partial charge in [-0.1, -0.05) is 18.2 Å². The summed E-state index contributed by atoms with van der Waals surface area (Å²) >= 11 is 0. The predicted molar refractivity (Wildman–Crippen MR) is 104 cm³/mol. The van der Waals surface area contributed by atoms with Crippen molar-refractivity contribution in [2.45, 2.75) is 49.6 Å². The maximum Gasteiger partial charge on any atom is 0.257 e. The van der Waals surface area contributed by atoms with Crippen LogP contribution in [0.4, 0.5) is 5.95 Å². The molecule has 1 unspecified atom stereocenters. The number of hydrogen-bond acceptors (Lipinski definition) is 5. The van der Waals surface area contributed by atoms with Gasteiger partial charge >= 0.3 is 0 Å². The zero-order valence-electron chi connectivity index (χ0n) is 15.9. The van der Waals surface area contributed by atoms with Crippen LogP contribution >= 0.6 is 0 Å². The van der Waals surface area contributed by atoms with Gasteiger partial charge in [0.05, 0.1) is 24.3 Å². The predicted octanol–water partition coefficient (Wildman–Crippen LogP) is 2.55. The lowest BCUT2D eigenvalue weighted by atomic mass is 9.82. The fourth-order valence-electron chi connectivity index (χ4n) is 4.76. The molecule has 1 aromatic carbocycles. The number of amides is 1. The van der Waals surface area contributed by atoms with Crippen molar-refractivity contribution in [3.8, 4) is 0 Å². The molecule has 1 amide bonds. The Labute approximate surface area is 164 Å². The Morgan fingerprint density at radius 1 is 1.14 bits per heavy atom. The van der Waals surface area contributed by atoms with Crippen LogP contribution in [0.2, 0.25) is 0 Å². The average molecular weight is 376 g/mol. The van der Waals surface area contributed by atoms with Crippen molar-refractivity contribution in [2.75, 3.05) is 25.1 Å². The van der Waals surface area contributed by atoms with Gasteiger partial charge in [-0.05, 0) is 54.7 Å². The van der Waals surface area contributed by atoms with Crippen LogP contribution in [0.25, 0.3) is 0 Å². The smallest absolute Gasteiger partial charge is 0.257 e. The molecule has 0 radical (unpaired) electrons. The summed E-state index contributed by atoms with van der Waals surface area (Å²) in [6.45, 7) is 2.11. The number of ether oxygens (including phenoxy) is 1. The Balaban J connectivity index is 1.11. The van der Waals surface area contributed by atoms with E-state index in [4.69, 9.17) is 4.74 Å². The second-order valence-electron chi connectivity index (χ2n) is 8.77. The third-order valence-corrected chi connectivity index (χ3v) is 6.80. The first-order valence-electron chi connectivity index (χ1n) is 10.3. The van der Waals surface area contributed by atoms with Gasteiger partial charge in [0, 0.05) is 25.0 Å². The SMILES string of the molecule is O=C(c1cnc(NC2Cc3ccc(C4CC4)cc3C2)nc1)N1CCC12COC2. The minimum absolute atomic E-state index is 0.0157. The molecular weight excluding hydrogens is 352 g/mol. The molecule has 1 aromatic heterocycles. The van der Waals surface area contributed by atoms with Gasteiger partial charge in [-0.3, -0.25) is 4.79 Å². The van der Waals surface area contributed by atoms with Crippen molar-refractivity contribution in [2.24, 2.45) is 0 Å². The van der Waals surface area contributed by atoms with Crippen LogP contribution in [-0.4, -0.2) is 52.1 Å². The third-order valence-electron chi connectivity index (χ3n) is 6.80. The van der Waals surface area contributed by atoms with E-state index in [2.05, 4.69) is 33.5 Å². The molecule has 1 atom stereocenters. The van der Waals surface area contributed by atoms with Crippen LogP contribution in [0.5, 0.6) is 0 Å². The summed E-state index contributed by atoms with van der Waals surface area (Å²) in [5, 5.41) is 3.45. The van der Waals surface area contributed by atoms with Gasteiger partial charge in [-0.15, -0.1) is 0 Å². The highest BCUT2D eigenvalue weighted by atomic mass is 16.5. The highest BCUT2D eigenvalue weighted by Crippen LogP contribution is 2.41. The number of aromatic nitrogens is 2. The summed E-state index contributed by atoms with van der Waals surface area (Å²) in [5.74, 6) is 1.41. The maximum absolute atomic E-state index is 12.7. The Morgan fingerprint density at radius 2 is 1.93 bits per heavy atom. The molecule has 1 spiro atoms. The lowest BCUT2D eigenvalue weighted by molar-refractivity contribution is -0.172. The number of fused-ring (bicyclic) bond motifs is 1. The van der Waals surface area contributed by atoms with Gasteiger partial charge < -0.3 is 15.0 Å². The molecule has 2 aliphatic heterocycles. The van der Waals surface area contributed by atoms with Gasteiger partial charge in [-0.2, -0.15) is 0 Å². The normalized spacial score (nSPS) is 24.4. The van der Waals surface area contributed by atoms with Gasteiger partial charge in [0.2, 0.25) is 5.95 Å². The molecule has 144 valence electrons. The number of likely N-dealkylation sites (tertiary alicyclic amines) is 1. The van der Waals surface area contributed by atoms with Crippen LogP contribution in [0.1, 0.15) is 52.2 Å². The first kappa shape index (κ1) is 16.5. The number of nitrogens with zero attached hydrogens (tertiary/aromatic N) is 3. The zero-order valence-corrected chi connectivity index (χ0v) is 15.9. The number of anilines is 1. The summed E-state index contributed by atoms with van der Waals surface area (Å²) in [5.41, 5.74) is 4.89. The number of benzene rings is 1. The topological polar surface area (TPSA) is 67.4 Å². The second kappa shape index (κ2) is 6.01. The molecule has 0 bridgehead atoms. The van der Waals surface area contributed by atoms with E-state index in [-0.39, 0.29) is 11.4 Å². The van der Waals surface area contributed by atoms with E-state index in [0.29, 0.717) is 30.8 Å². The average Bonchev–Trinajstić information content (AvgIpc) is 3.40. The summed E-state index contributed by atoms with van der Waals surface area (Å²) in [6, 6.07) is 7.30. The van der Waals surface area contributed by atoms with Crippen molar-refractivity contribution in [3.63, 3.8) is 0 Å². The first-order valence-corrected chi connectivity index (χ1v) is 10.3. The van der Waals surface area contributed by atoms with Crippen LogP contribution < -0.4 is 5.32 Å². The van der Waals surface area contributed by atoms with Gasteiger partial charge in [0.15, 0.2) is 0 Å². The number of carbonyl (C=O) groups excluding carboxylic acids is 1. The molecule has 3 fully saturated rings. The van der Waals surface area contributed by atoms with E-state index >= 15 is 0 Å². The fourth-order valence-corrected chi connectivity index (χ4v) is 4.76. The molecule has 6 rings (SSSR count). The minimum atomic E-state index is -0.0526. The summed E-state index contributed by atoms with van der Waals surface area (Å²) < 4.78 is 5.31. The zero-order chi connectivity index (χ0) is 18.7. The largest absolute Gasteiger partial charge is 0.376 e. The lowest BCUT2D eigenvalue weighted by Crippen LogP contribution is -2.72. The number of carbonyl (C=O) groups is 1. The highest BCUT2D eigenvalue weighted by Gasteiger charge is 2.53. The van der Waals surface area contributed by atoms with Gasteiger partial charge in [-0.25, -0.2) is 9.97 Å². The molecule has 2 aliphatic carbocycles. The van der Waals surface area contributed by atoms with Gasteiger partial charge in [0.25, 0.3) is 5.91 Å². The molecule has 2 saturated heterocycles. The molecule has 1 saturated carbocycles. The van der Waals surface area contributed by atoms with Gasteiger partial charge in [0.1, 0.15) is 0 Å². The molecule has 2 aromatic rings. The summed E-state index contributed by atoms with van der Waals surface area (Å²) in [6.07, 6.45) is 9.02. The standard InChI is InChI=1S/C22H24N4O2/c27-20(26-6-5-22(26)12-28-13-22)18-10-23-21(24-11-18)25-19-8-16-4-3-15(14-1-2-14)7-17(16)9-19/h3-4,7,10-11,14,19H,1-2,5-6,8-9,12-13H2,(H,23,24,25). The Bertz CT molecular complexity index is 929. The Hall–Kier alpha value is -2.47. The first-order chi connectivity index (χ1) is 13.7. The van der Waals surface area contributed by atoms with Crippen LogP contribution in [0.15, 0.2) is 30.6 Å². The molecule has 3 heterocycles. The molecule has 1 N–H and O–H groups in total. The Morgan fingerprint density at radius 3 is 2.57 bits per heavy atom. The van der Waals surface area contributed by atoms with Crippen LogP contribution in [-0.2, 0) is 17.6 Å². The maximum atomic E-state index is 12.7. The Kier molecular flexibility index (Phi) is 3.54. The van der Waals surface area contributed by atoms with Crippen molar-refractivity contribution in [1.82, 2.24) is 14.9 Å². The molecule has 6 heteroatoms. The van der Waals surface area contributed by atoms with Crippen molar-refractivity contribution in [3.05, 3.63) is 52.8 Å². The van der Waals surface area contributed by atoms with Crippen LogP contribution in [0.3, 0.4) is 0 Å². The van der Waals surface area contributed by atoms with E-state index in [0.717, 1.165) is 31.7 Å². The fraction of sp³-hybridized carbons (Fsp3) is 0.500. The second-order valence-corrected chi connectivity index (χ2v) is 8.77. The summed E-state index contributed by atoms with van der Waals surface area (Å²) in [7, 11) is 0. The molecular formula is C22H24N4O2. The lowest BCUT2D eigenvalue weighted by Gasteiger charge is -2.57. The third kappa shape index (κ3) is 2.62. The number of hydrogen-bond donors (Lipinski definition) is 1. The highest BCUT2D eigenvalue weighted by molar-refractivity contribution is 5.95. The van der Waals surface area contributed by atoms with E-state index in [1.807, 2.05) is 4.90 Å². The summed E-state index contributed by atoms with van der Waals surface area (Å²) in [4.78, 5) is 23.4. The number of nitrogens with one attached hydrogen (secondary N) is 1. The quantitative estimate of drug-likeness (QED) is 0.888. The van der Waals surface area contributed by atoms with E-state index in [1.54, 1.807) is 12.4 Å². The van der Waals surface area contributed by atoms with E-state index < -0.39 is 0 Å². The van der Waals surface area contributed by atoms with E-state index in [1.165, 1.54) is 29.5 Å². The van der Waals surface area contributed by atoms with Crippen molar-refractivity contribution in [1.29, 1.82) is 0 Å². The van der Waals surface area contributed by atoms with Crippen LogP contribution in [0, 0.1) is 0 Å². The minimum Gasteiger partial charge on any atom is -0.376 e. The number of rotatable bonds is 4. The molecule has 6 nitrogen and oxygen atoms in total. The molecule has 4 aliphatic rings. The molecule has 28 heavy (non-hydrogen) atoms. The monoisotopic (exact) mass is 376 g/mol. The van der Waals surface area contributed by atoms with E-state index in [9.17, 15) is 4.79 Å².